The minimum atomic E-state index is -0.114. The van der Waals surface area contributed by atoms with E-state index >= 15 is 0 Å². The van der Waals surface area contributed by atoms with Crippen LogP contribution in [0.25, 0.3) is 0 Å². The van der Waals surface area contributed by atoms with Crippen LogP contribution in [0.5, 0.6) is 0 Å². The fourth-order valence-electron chi connectivity index (χ4n) is 3.84. The van der Waals surface area contributed by atoms with E-state index in [2.05, 4.69) is 36.3 Å². The van der Waals surface area contributed by atoms with Crippen molar-refractivity contribution < 1.29 is 9.59 Å². The van der Waals surface area contributed by atoms with Crippen LogP contribution >= 0.6 is 0 Å². The summed E-state index contributed by atoms with van der Waals surface area (Å²) < 4.78 is 0. The first kappa shape index (κ1) is 18.7. The number of benzene rings is 1. The molecule has 0 bridgehead atoms. The molecule has 2 aliphatic rings. The van der Waals surface area contributed by atoms with Crippen LogP contribution in [0.2, 0.25) is 0 Å². The van der Waals surface area contributed by atoms with Gasteiger partial charge in [0.2, 0.25) is 5.91 Å². The van der Waals surface area contributed by atoms with Crippen LogP contribution in [-0.4, -0.2) is 79.5 Å². The van der Waals surface area contributed by atoms with Crippen molar-refractivity contribution in [1.82, 2.24) is 20.0 Å². The number of carbonyl (C=O) groups is 2. The number of amides is 3. The number of hydrogen-bond donors (Lipinski definition) is 1. The molecule has 1 atom stereocenters. The zero-order chi connectivity index (χ0) is 18.6. The predicted octanol–water partition coefficient (Wildman–Crippen LogP) is 1.42. The molecule has 3 amide bonds. The van der Waals surface area contributed by atoms with Gasteiger partial charge in [0.1, 0.15) is 6.54 Å². The van der Waals surface area contributed by atoms with Gasteiger partial charge in [0.05, 0.1) is 0 Å². The number of hydrogen-bond acceptors (Lipinski definition) is 3. The Bertz CT molecular complexity index is 636. The van der Waals surface area contributed by atoms with Gasteiger partial charge >= 0.3 is 6.03 Å². The molecule has 3 rings (SSSR count). The first-order valence-corrected chi connectivity index (χ1v) is 9.48. The maximum Gasteiger partial charge on any atom is 0.317 e. The maximum atomic E-state index is 12.4. The maximum absolute atomic E-state index is 12.4. The zero-order valence-electron chi connectivity index (χ0n) is 15.9. The lowest BCUT2D eigenvalue weighted by Crippen LogP contribution is -2.55. The van der Waals surface area contributed by atoms with Crippen LogP contribution in [0, 0.1) is 5.41 Å². The molecule has 0 spiro atoms. The summed E-state index contributed by atoms with van der Waals surface area (Å²) in [6, 6.07) is 10.1. The van der Waals surface area contributed by atoms with Crippen LogP contribution < -0.4 is 5.32 Å². The van der Waals surface area contributed by atoms with E-state index in [0.717, 1.165) is 25.9 Å². The first-order chi connectivity index (χ1) is 12.5. The van der Waals surface area contributed by atoms with Crippen molar-refractivity contribution in [3.63, 3.8) is 0 Å². The molecule has 0 aromatic heterocycles. The second-order valence-electron chi connectivity index (χ2n) is 8.00. The third-order valence-corrected chi connectivity index (χ3v) is 5.53. The number of nitrogens with zero attached hydrogens (tertiary/aromatic N) is 3. The van der Waals surface area contributed by atoms with Crippen molar-refractivity contribution in [2.24, 2.45) is 5.41 Å². The van der Waals surface area contributed by atoms with Gasteiger partial charge in [-0.15, -0.1) is 0 Å². The molecule has 2 saturated heterocycles. The molecule has 1 aromatic rings. The second kappa shape index (κ2) is 8.08. The fraction of sp³-hybridized carbons (Fsp3) is 0.600. The number of carbonyl (C=O) groups excluding carboxylic acids is 2. The van der Waals surface area contributed by atoms with Crippen LogP contribution in [0.1, 0.15) is 18.9 Å². The van der Waals surface area contributed by atoms with Gasteiger partial charge in [0, 0.05) is 32.7 Å². The lowest BCUT2D eigenvalue weighted by molar-refractivity contribution is -0.134. The minimum Gasteiger partial charge on any atom is -0.339 e. The van der Waals surface area contributed by atoms with E-state index in [1.807, 2.05) is 23.1 Å². The summed E-state index contributed by atoms with van der Waals surface area (Å²) in [5.41, 5.74) is 1.36. The number of nitrogens with one attached hydrogen (secondary N) is 1. The summed E-state index contributed by atoms with van der Waals surface area (Å²) in [7, 11) is 2.11. The third-order valence-electron chi connectivity index (χ3n) is 5.53. The molecule has 1 N–H and O–H groups in total. The molecule has 6 heteroatoms. The molecule has 2 fully saturated rings. The number of piperazine rings is 1. The monoisotopic (exact) mass is 358 g/mol. The molecule has 0 saturated carbocycles. The molecule has 142 valence electrons. The molecular formula is C20H30N4O2. The predicted molar refractivity (Wildman–Crippen MR) is 102 cm³/mol. The number of rotatable bonds is 5. The van der Waals surface area contributed by atoms with Crippen LogP contribution in [0.4, 0.5) is 4.79 Å². The van der Waals surface area contributed by atoms with Gasteiger partial charge in [-0.25, -0.2) is 4.79 Å². The van der Waals surface area contributed by atoms with Gasteiger partial charge in [-0.2, -0.15) is 0 Å². The van der Waals surface area contributed by atoms with Gasteiger partial charge in [-0.05, 0) is 37.4 Å². The molecule has 1 aromatic carbocycles. The van der Waals surface area contributed by atoms with Crippen molar-refractivity contribution in [2.45, 2.75) is 19.8 Å². The molecular weight excluding hydrogens is 328 g/mol. The van der Waals surface area contributed by atoms with E-state index in [1.165, 1.54) is 5.56 Å². The van der Waals surface area contributed by atoms with Gasteiger partial charge < -0.3 is 20.0 Å². The highest BCUT2D eigenvalue weighted by molar-refractivity contribution is 5.85. The second-order valence-corrected chi connectivity index (χ2v) is 8.00. The van der Waals surface area contributed by atoms with Crippen molar-refractivity contribution in [1.29, 1.82) is 0 Å². The highest BCUT2D eigenvalue weighted by Gasteiger charge is 2.33. The summed E-state index contributed by atoms with van der Waals surface area (Å²) in [4.78, 5) is 30.6. The highest BCUT2D eigenvalue weighted by atomic mass is 16.2. The van der Waals surface area contributed by atoms with Crippen LogP contribution in [0.15, 0.2) is 30.3 Å². The summed E-state index contributed by atoms with van der Waals surface area (Å²) in [6.45, 7) is 7.05. The molecule has 2 heterocycles. The Balaban J connectivity index is 1.43. The average molecular weight is 358 g/mol. The Hall–Kier alpha value is -2.08. The smallest absolute Gasteiger partial charge is 0.317 e. The largest absolute Gasteiger partial charge is 0.339 e. The highest BCUT2D eigenvalue weighted by Crippen LogP contribution is 2.27. The molecule has 0 aliphatic carbocycles. The third kappa shape index (κ3) is 4.75. The average Bonchev–Trinajstić information content (AvgIpc) is 2.99. The van der Waals surface area contributed by atoms with E-state index in [4.69, 9.17) is 0 Å². The van der Waals surface area contributed by atoms with Crippen molar-refractivity contribution >= 4 is 11.9 Å². The molecule has 26 heavy (non-hydrogen) atoms. The standard InChI is InChI=1S/C20H30N4O2/c1-20(9-11-22(2)16-20)15-21-19(26)24-13-12-23(18(25)14-24)10-8-17-6-4-3-5-7-17/h3-7H,8-16H2,1-2H3,(H,21,26)/t20-/m1/s1. The van der Waals surface area contributed by atoms with E-state index < -0.39 is 0 Å². The lowest BCUT2D eigenvalue weighted by atomic mass is 9.90. The minimum absolute atomic E-state index is 0.0362. The SMILES string of the molecule is CN1CC[C@](C)(CNC(=O)N2CCN(CCc3ccccc3)C(=O)C2)C1. The Labute approximate surface area is 156 Å². The topological polar surface area (TPSA) is 55.9 Å². The normalized spacial score (nSPS) is 24.2. The number of urea groups is 1. The van der Waals surface area contributed by atoms with Crippen molar-refractivity contribution in [3.05, 3.63) is 35.9 Å². The Morgan fingerprint density at radius 2 is 1.96 bits per heavy atom. The Morgan fingerprint density at radius 1 is 1.19 bits per heavy atom. The van der Waals surface area contributed by atoms with E-state index in [9.17, 15) is 9.59 Å². The Kier molecular flexibility index (Phi) is 5.81. The van der Waals surface area contributed by atoms with Crippen molar-refractivity contribution in [2.75, 3.05) is 52.9 Å². The van der Waals surface area contributed by atoms with E-state index in [1.54, 1.807) is 4.90 Å². The number of likely N-dealkylation sites (tertiary alicyclic amines) is 1. The van der Waals surface area contributed by atoms with Gasteiger partial charge in [-0.3, -0.25) is 4.79 Å². The van der Waals surface area contributed by atoms with Gasteiger partial charge in [0.15, 0.2) is 0 Å². The lowest BCUT2D eigenvalue weighted by Gasteiger charge is -2.35. The zero-order valence-corrected chi connectivity index (χ0v) is 15.9. The molecule has 0 unspecified atom stereocenters. The van der Waals surface area contributed by atoms with Crippen molar-refractivity contribution in [3.8, 4) is 0 Å². The van der Waals surface area contributed by atoms with E-state index in [-0.39, 0.29) is 23.9 Å². The fourth-order valence-corrected chi connectivity index (χ4v) is 3.84. The molecule has 0 radical (unpaired) electrons. The van der Waals surface area contributed by atoms with Gasteiger partial charge in [0.25, 0.3) is 0 Å². The van der Waals surface area contributed by atoms with Crippen LogP contribution in [-0.2, 0) is 11.2 Å². The van der Waals surface area contributed by atoms with Gasteiger partial charge in [-0.1, -0.05) is 37.3 Å². The summed E-state index contributed by atoms with van der Waals surface area (Å²) in [6.07, 6.45) is 1.95. The summed E-state index contributed by atoms with van der Waals surface area (Å²) in [5, 5.41) is 3.04. The summed E-state index contributed by atoms with van der Waals surface area (Å²) >= 11 is 0. The van der Waals surface area contributed by atoms with Crippen LogP contribution in [0.3, 0.4) is 0 Å². The van der Waals surface area contributed by atoms with E-state index in [0.29, 0.717) is 26.2 Å². The first-order valence-electron chi connectivity index (χ1n) is 9.48. The summed E-state index contributed by atoms with van der Waals surface area (Å²) in [5.74, 6) is 0.0362. The Morgan fingerprint density at radius 3 is 2.62 bits per heavy atom. The molecule has 2 aliphatic heterocycles. The quantitative estimate of drug-likeness (QED) is 0.866. The molecule has 6 nitrogen and oxygen atoms in total.